The molecule has 0 aliphatic carbocycles. The fourth-order valence-corrected chi connectivity index (χ4v) is 3.89. The zero-order chi connectivity index (χ0) is 21.1. The van der Waals surface area contributed by atoms with Crippen LogP contribution in [-0.4, -0.2) is 38.7 Å². The molecule has 1 aliphatic heterocycles. The number of halogens is 1. The average molecular weight is 425 g/mol. The van der Waals surface area contributed by atoms with E-state index in [9.17, 15) is 4.79 Å². The number of hydrogen-bond donors (Lipinski definition) is 1. The highest BCUT2D eigenvalue weighted by Crippen LogP contribution is 2.20. The number of carbonyl (C=O) groups excluding carboxylic acids is 1. The smallest absolute Gasteiger partial charge is 0.271 e. The minimum atomic E-state index is -0.320. The Morgan fingerprint density at radius 2 is 1.90 bits per heavy atom. The molecule has 0 radical (unpaired) electrons. The first-order valence-corrected chi connectivity index (χ1v) is 10.6. The number of nitrogens with zero attached hydrogens (tertiary/aromatic N) is 5. The van der Waals surface area contributed by atoms with E-state index in [2.05, 4.69) is 25.3 Å². The highest BCUT2D eigenvalue weighted by molar-refractivity contribution is 6.33. The zero-order valence-electron chi connectivity index (χ0n) is 17.2. The van der Waals surface area contributed by atoms with Gasteiger partial charge in [-0.1, -0.05) is 11.6 Å². The predicted molar refractivity (Wildman–Crippen MR) is 117 cm³/mol. The van der Waals surface area contributed by atoms with Gasteiger partial charge in [-0.05, 0) is 69.0 Å². The number of rotatable bonds is 5. The van der Waals surface area contributed by atoms with E-state index in [-0.39, 0.29) is 11.6 Å². The molecule has 30 heavy (non-hydrogen) atoms. The molecule has 1 aliphatic rings. The number of pyridine rings is 2. The van der Waals surface area contributed by atoms with E-state index >= 15 is 0 Å². The van der Waals surface area contributed by atoms with Crippen LogP contribution in [0, 0.1) is 13.8 Å². The molecule has 0 aromatic carbocycles. The van der Waals surface area contributed by atoms with Gasteiger partial charge in [-0.15, -0.1) is 0 Å². The van der Waals surface area contributed by atoms with Gasteiger partial charge < -0.3 is 10.2 Å². The van der Waals surface area contributed by atoms with Crippen molar-refractivity contribution in [2.24, 2.45) is 0 Å². The number of nitrogens with one attached hydrogen (secondary N) is 1. The van der Waals surface area contributed by atoms with Gasteiger partial charge in [0.1, 0.15) is 11.5 Å². The Kier molecular flexibility index (Phi) is 5.99. The van der Waals surface area contributed by atoms with E-state index in [1.807, 2.05) is 32.0 Å². The molecule has 0 atom stereocenters. The second-order valence-corrected chi connectivity index (χ2v) is 8.00. The van der Waals surface area contributed by atoms with Crippen LogP contribution in [0.15, 0.2) is 36.5 Å². The summed E-state index contributed by atoms with van der Waals surface area (Å²) in [6, 6.07) is 9.34. The van der Waals surface area contributed by atoms with Crippen molar-refractivity contribution in [2.45, 2.75) is 39.7 Å². The van der Waals surface area contributed by atoms with Gasteiger partial charge in [0.15, 0.2) is 5.82 Å². The Morgan fingerprint density at radius 1 is 1.10 bits per heavy atom. The van der Waals surface area contributed by atoms with Crippen LogP contribution in [0.2, 0.25) is 5.02 Å². The Bertz CT molecular complexity index is 1060. The van der Waals surface area contributed by atoms with Gasteiger partial charge in [0.25, 0.3) is 5.91 Å². The lowest BCUT2D eigenvalue weighted by molar-refractivity contribution is 0.0946. The molecule has 1 fully saturated rings. The van der Waals surface area contributed by atoms with Crippen molar-refractivity contribution in [3.63, 3.8) is 0 Å². The third-order valence-corrected chi connectivity index (χ3v) is 5.52. The highest BCUT2D eigenvalue weighted by atomic mass is 35.5. The van der Waals surface area contributed by atoms with Crippen molar-refractivity contribution < 1.29 is 4.79 Å². The summed E-state index contributed by atoms with van der Waals surface area (Å²) in [7, 11) is 0. The third kappa shape index (κ3) is 4.46. The van der Waals surface area contributed by atoms with Crippen molar-refractivity contribution in [1.29, 1.82) is 0 Å². The van der Waals surface area contributed by atoms with Crippen molar-refractivity contribution in [1.82, 2.24) is 25.1 Å². The quantitative estimate of drug-likeness (QED) is 0.673. The van der Waals surface area contributed by atoms with Crippen LogP contribution in [0.25, 0.3) is 5.82 Å². The molecule has 4 rings (SSSR count). The number of hydrogen-bond acceptors (Lipinski definition) is 5. The van der Waals surface area contributed by atoms with Crippen molar-refractivity contribution in [3.05, 3.63) is 64.2 Å². The Labute approximate surface area is 181 Å². The summed E-state index contributed by atoms with van der Waals surface area (Å²) in [4.78, 5) is 24.0. The summed E-state index contributed by atoms with van der Waals surface area (Å²) < 4.78 is 1.70. The molecule has 7 nitrogen and oxygen atoms in total. The van der Waals surface area contributed by atoms with E-state index in [1.54, 1.807) is 23.0 Å². The summed E-state index contributed by atoms with van der Waals surface area (Å²) in [5.74, 6) is 1.20. The Hall–Kier alpha value is -2.93. The van der Waals surface area contributed by atoms with Crippen LogP contribution in [0.4, 0.5) is 5.82 Å². The minimum Gasteiger partial charge on any atom is -0.357 e. The largest absolute Gasteiger partial charge is 0.357 e. The summed E-state index contributed by atoms with van der Waals surface area (Å²) in [5, 5.41) is 7.66. The molecule has 0 spiro atoms. The summed E-state index contributed by atoms with van der Waals surface area (Å²) in [6.45, 7) is 6.30. The van der Waals surface area contributed by atoms with Gasteiger partial charge in [0.05, 0.1) is 10.7 Å². The van der Waals surface area contributed by atoms with Crippen LogP contribution in [0.3, 0.4) is 0 Å². The maximum Gasteiger partial charge on any atom is 0.271 e. The van der Waals surface area contributed by atoms with E-state index < -0.39 is 0 Å². The van der Waals surface area contributed by atoms with Gasteiger partial charge in [-0.2, -0.15) is 5.10 Å². The molecule has 1 N–H and O–H groups in total. The van der Waals surface area contributed by atoms with E-state index in [4.69, 9.17) is 11.6 Å². The first-order valence-electron chi connectivity index (χ1n) is 10.2. The fourth-order valence-electron chi connectivity index (χ4n) is 3.70. The summed E-state index contributed by atoms with van der Waals surface area (Å²) >= 11 is 6.26. The molecule has 156 valence electrons. The second kappa shape index (κ2) is 8.83. The first kappa shape index (κ1) is 20.3. The van der Waals surface area contributed by atoms with Gasteiger partial charge in [0.2, 0.25) is 0 Å². The molecule has 8 heteroatoms. The monoisotopic (exact) mass is 424 g/mol. The molecule has 4 heterocycles. The van der Waals surface area contributed by atoms with Gasteiger partial charge in [-0.25, -0.2) is 14.6 Å². The number of piperidine rings is 1. The Morgan fingerprint density at radius 3 is 2.63 bits per heavy atom. The van der Waals surface area contributed by atoms with Crippen LogP contribution in [-0.2, 0) is 6.54 Å². The molecule has 0 saturated carbocycles. The molecule has 1 amide bonds. The molecule has 0 bridgehead atoms. The number of aryl methyl sites for hydroxylation is 2. The third-order valence-electron chi connectivity index (χ3n) is 5.22. The van der Waals surface area contributed by atoms with Crippen molar-refractivity contribution >= 4 is 23.3 Å². The standard InChI is InChI=1S/C22H25ClN6O/c1-15-12-16(2)29(27-15)19-7-6-18(23)21(26-19)22(30)25-14-17-8-9-24-20(13-17)28-10-4-3-5-11-28/h6-9,12-13H,3-5,10-11,14H2,1-2H3,(H,25,30). The van der Waals surface area contributed by atoms with Crippen LogP contribution >= 0.6 is 11.6 Å². The van der Waals surface area contributed by atoms with Gasteiger partial charge in [-0.3, -0.25) is 4.79 Å². The lowest BCUT2D eigenvalue weighted by Crippen LogP contribution is -2.30. The topological polar surface area (TPSA) is 75.9 Å². The lowest BCUT2D eigenvalue weighted by Gasteiger charge is -2.27. The minimum absolute atomic E-state index is 0.187. The van der Waals surface area contributed by atoms with E-state index in [0.717, 1.165) is 35.9 Å². The Balaban J connectivity index is 1.48. The highest BCUT2D eigenvalue weighted by Gasteiger charge is 2.16. The SMILES string of the molecule is Cc1cc(C)n(-c2ccc(Cl)c(C(=O)NCc3ccnc(N4CCCCC4)c3)n2)n1. The van der Waals surface area contributed by atoms with Crippen molar-refractivity contribution in [2.75, 3.05) is 18.0 Å². The molecular weight excluding hydrogens is 400 g/mol. The van der Waals surface area contributed by atoms with E-state index in [1.165, 1.54) is 19.3 Å². The van der Waals surface area contributed by atoms with Crippen LogP contribution < -0.4 is 10.2 Å². The second-order valence-electron chi connectivity index (χ2n) is 7.59. The number of amides is 1. The van der Waals surface area contributed by atoms with E-state index in [0.29, 0.717) is 17.4 Å². The maximum absolute atomic E-state index is 12.8. The molecular formula is C22H25ClN6O. The van der Waals surface area contributed by atoms with Gasteiger partial charge in [0, 0.05) is 31.5 Å². The first-order chi connectivity index (χ1) is 14.5. The number of carbonyl (C=O) groups is 1. The van der Waals surface area contributed by atoms with Crippen molar-refractivity contribution in [3.8, 4) is 5.82 Å². The van der Waals surface area contributed by atoms with Gasteiger partial charge >= 0.3 is 0 Å². The average Bonchev–Trinajstić information content (AvgIpc) is 3.11. The molecule has 3 aromatic heterocycles. The predicted octanol–water partition coefficient (Wildman–Crippen LogP) is 3.85. The maximum atomic E-state index is 12.8. The zero-order valence-corrected chi connectivity index (χ0v) is 18.0. The number of aromatic nitrogens is 4. The molecule has 3 aromatic rings. The molecule has 1 saturated heterocycles. The van der Waals surface area contributed by atoms with Crippen LogP contribution in [0.1, 0.15) is 46.7 Å². The normalized spacial score (nSPS) is 14.0. The summed E-state index contributed by atoms with van der Waals surface area (Å²) in [6.07, 6.45) is 5.45. The fraction of sp³-hybridized carbons (Fsp3) is 0.364. The number of anilines is 1. The lowest BCUT2D eigenvalue weighted by atomic mass is 10.1. The summed E-state index contributed by atoms with van der Waals surface area (Å²) in [5.41, 5.74) is 3.00. The molecule has 0 unspecified atom stereocenters. The van der Waals surface area contributed by atoms with Crippen LogP contribution in [0.5, 0.6) is 0 Å².